The van der Waals surface area contributed by atoms with Crippen LogP contribution in [-0.4, -0.2) is 61.7 Å². The molecule has 1 amide bonds. The van der Waals surface area contributed by atoms with Crippen molar-refractivity contribution in [2.24, 2.45) is 0 Å². The number of hydrogen-bond acceptors (Lipinski definition) is 6. The first-order valence-electron chi connectivity index (χ1n) is 8.39. The molecule has 0 unspecified atom stereocenters. The van der Waals surface area contributed by atoms with E-state index in [4.69, 9.17) is 4.74 Å². The number of benzene rings is 1. The molecule has 2 atom stereocenters. The van der Waals surface area contributed by atoms with Gasteiger partial charge in [-0.25, -0.2) is 0 Å². The summed E-state index contributed by atoms with van der Waals surface area (Å²) in [5.74, 6) is -0.181. The number of carbonyl (C=O) groups is 2. The van der Waals surface area contributed by atoms with Crippen molar-refractivity contribution in [1.82, 2.24) is 20.9 Å². The molecule has 7 heteroatoms. The van der Waals surface area contributed by atoms with Crippen LogP contribution < -0.4 is 16.0 Å². The highest BCUT2D eigenvalue weighted by molar-refractivity contribution is 5.79. The van der Waals surface area contributed by atoms with Gasteiger partial charge in [0, 0.05) is 19.1 Å². The third-order valence-electron chi connectivity index (χ3n) is 4.41. The number of ether oxygens (including phenoxy) is 1. The zero-order valence-corrected chi connectivity index (χ0v) is 13.7. The predicted octanol–water partition coefficient (Wildman–Crippen LogP) is -0.561. The minimum absolute atomic E-state index is 0.0902. The fraction of sp³-hybridized carbons (Fsp3) is 0.529. The zero-order valence-electron chi connectivity index (χ0n) is 13.7. The molecule has 24 heavy (non-hydrogen) atoms. The second-order valence-electron chi connectivity index (χ2n) is 6.15. The molecule has 7 nitrogen and oxygen atoms in total. The molecule has 2 aliphatic heterocycles. The normalized spacial score (nSPS) is 24.2. The number of amides is 1. The van der Waals surface area contributed by atoms with Gasteiger partial charge < -0.3 is 15.0 Å². The summed E-state index contributed by atoms with van der Waals surface area (Å²) in [6.45, 7) is 3.06. The maximum atomic E-state index is 12.0. The predicted molar refractivity (Wildman–Crippen MR) is 89.0 cm³/mol. The molecule has 2 heterocycles. The first-order chi connectivity index (χ1) is 11.7. The van der Waals surface area contributed by atoms with Gasteiger partial charge in [-0.1, -0.05) is 30.3 Å². The largest absolute Gasteiger partial charge is 0.460 e. The molecule has 0 spiro atoms. The van der Waals surface area contributed by atoms with Gasteiger partial charge in [0.15, 0.2) is 0 Å². The van der Waals surface area contributed by atoms with Gasteiger partial charge in [-0.2, -0.15) is 0 Å². The molecule has 0 saturated carbocycles. The Bertz CT molecular complexity index is 560. The topological polar surface area (TPSA) is 82.7 Å². The molecule has 1 aromatic carbocycles. The van der Waals surface area contributed by atoms with E-state index in [1.165, 1.54) is 0 Å². The van der Waals surface area contributed by atoms with Crippen LogP contribution in [0.3, 0.4) is 0 Å². The van der Waals surface area contributed by atoms with E-state index in [0.29, 0.717) is 13.1 Å². The second kappa shape index (κ2) is 8.23. The number of nitrogens with one attached hydrogen (secondary N) is 3. The Balaban J connectivity index is 1.40. The van der Waals surface area contributed by atoms with E-state index >= 15 is 0 Å². The van der Waals surface area contributed by atoms with Crippen molar-refractivity contribution in [2.75, 3.05) is 32.7 Å². The quantitative estimate of drug-likeness (QED) is 0.606. The molecule has 2 aliphatic rings. The summed E-state index contributed by atoms with van der Waals surface area (Å²) >= 11 is 0. The van der Waals surface area contributed by atoms with Gasteiger partial charge in [-0.15, -0.1) is 0 Å². The fourth-order valence-corrected chi connectivity index (χ4v) is 3.07. The lowest BCUT2D eigenvalue weighted by Gasteiger charge is -2.37. The Hall–Kier alpha value is -1.96. The van der Waals surface area contributed by atoms with Crippen molar-refractivity contribution in [2.45, 2.75) is 25.2 Å². The van der Waals surface area contributed by atoms with E-state index in [9.17, 15) is 9.59 Å². The Morgan fingerprint density at radius 2 is 2.17 bits per heavy atom. The van der Waals surface area contributed by atoms with E-state index in [-0.39, 0.29) is 37.2 Å². The Kier molecular flexibility index (Phi) is 5.79. The molecule has 0 radical (unpaired) electrons. The van der Waals surface area contributed by atoms with Gasteiger partial charge in [0.05, 0.1) is 19.3 Å². The molecule has 130 valence electrons. The van der Waals surface area contributed by atoms with Crippen molar-refractivity contribution in [3.8, 4) is 0 Å². The van der Waals surface area contributed by atoms with Crippen LogP contribution in [0.4, 0.5) is 0 Å². The average molecular weight is 332 g/mol. The van der Waals surface area contributed by atoms with Crippen LogP contribution in [0.1, 0.15) is 12.0 Å². The highest BCUT2D eigenvalue weighted by atomic mass is 16.5. The van der Waals surface area contributed by atoms with E-state index in [0.717, 1.165) is 25.1 Å². The molecule has 3 rings (SSSR count). The number of hydrogen-bond donors (Lipinski definition) is 3. The summed E-state index contributed by atoms with van der Waals surface area (Å²) in [6, 6.07) is 9.85. The molecule has 0 aromatic heterocycles. The Labute approximate surface area is 141 Å². The average Bonchev–Trinajstić information content (AvgIpc) is 3.14. The van der Waals surface area contributed by atoms with Gasteiger partial charge >= 0.3 is 5.97 Å². The molecular formula is C17H24N4O3. The van der Waals surface area contributed by atoms with Crippen molar-refractivity contribution in [3.05, 3.63) is 35.9 Å². The molecule has 2 saturated heterocycles. The van der Waals surface area contributed by atoms with Crippen LogP contribution in [0.2, 0.25) is 0 Å². The highest BCUT2D eigenvalue weighted by Crippen LogP contribution is 2.11. The minimum atomic E-state index is -0.299. The lowest BCUT2D eigenvalue weighted by Crippen LogP contribution is -2.62. The van der Waals surface area contributed by atoms with Gasteiger partial charge in [0.25, 0.3) is 0 Å². The van der Waals surface area contributed by atoms with Gasteiger partial charge in [-0.3, -0.25) is 20.2 Å². The summed E-state index contributed by atoms with van der Waals surface area (Å²) in [6.07, 6.45) is 0.893. The fourth-order valence-electron chi connectivity index (χ4n) is 3.07. The van der Waals surface area contributed by atoms with Gasteiger partial charge in [-0.05, 0) is 18.5 Å². The molecule has 0 bridgehead atoms. The van der Waals surface area contributed by atoms with E-state index in [2.05, 4.69) is 16.0 Å². The monoisotopic (exact) mass is 332 g/mol. The van der Waals surface area contributed by atoms with E-state index in [1.807, 2.05) is 35.2 Å². The van der Waals surface area contributed by atoms with Crippen LogP contribution in [0, 0.1) is 0 Å². The number of rotatable bonds is 6. The third kappa shape index (κ3) is 4.53. The summed E-state index contributed by atoms with van der Waals surface area (Å²) < 4.78 is 5.25. The van der Waals surface area contributed by atoms with E-state index in [1.54, 1.807) is 0 Å². The van der Waals surface area contributed by atoms with Crippen LogP contribution >= 0.6 is 0 Å². The highest BCUT2D eigenvalue weighted by Gasteiger charge is 2.32. The molecule has 1 aromatic rings. The Morgan fingerprint density at radius 1 is 1.33 bits per heavy atom. The maximum Gasteiger partial charge on any atom is 0.320 e. The summed E-state index contributed by atoms with van der Waals surface area (Å²) in [5, 5.41) is 9.53. The van der Waals surface area contributed by atoms with Crippen LogP contribution in [-0.2, 0) is 20.9 Å². The number of nitrogens with zero attached hydrogens (tertiary/aromatic N) is 1. The second-order valence-corrected chi connectivity index (χ2v) is 6.15. The number of carbonyl (C=O) groups excluding carboxylic acids is 2. The van der Waals surface area contributed by atoms with E-state index < -0.39 is 0 Å². The van der Waals surface area contributed by atoms with Crippen LogP contribution in [0.5, 0.6) is 0 Å². The summed E-state index contributed by atoms with van der Waals surface area (Å²) in [4.78, 5) is 25.8. The van der Waals surface area contributed by atoms with Crippen molar-refractivity contribution in [1.29, 1.82) is 0 Å². The SMILES string of the molecule is O=C(CN[C@H]1CN([C@@H]2CCNC2)C(=O)CN1)OCc1ccccc1. The number of piperazine rings is 1. The van der Waals surface area contributed by atoms with Crippen molar-refractivity contribution in [3.63, 3.8) is 0 Å². The molecule has 3 N–H and O–H groups in total. The Morgan fingerprint density at radius 3 is 2.92 bits per heavy atom. The van der Waals surface area contributed by atoms with Gasteiger partial charge in [0.2, 0.25) is 5.91 Å². The van der Waals surface area contributed by atoms with Crippen LogP contribution in [0.15, 0.2) is 30.3 Å². The lowest BCUT2D eigenvalue weighted by molar-refractivity contribution is -0.144. The standard InChI is InChI=1S/C17H24N4O3/c22-16-9-19-15(11-21(16)14-6-7-18-8-14)20-10-17(23)24-12-13-4-2-1-3-5-13/h1-5,14-15,18-20H,6-12H2/t14-,15+/m1/s1. The maximum absolute atomic E-state index is 12.0. The van der Waals surface area contributed by atoms with Crippen LogP contribution in [0.25, 0.3) is 0 Å². The van der Waals surface area contributed by atoms with Crippen molar-refractivity contribution < 1.29 is 14.3 Å². The number of esters is 1. The smallest absolute Gasteiger partial charge is 0.320 e. The first-order valence-corrected chi connectivity index (χ1v) is 8.39. The molecule has 2 fully saturated rings. The third-order valence-corrected chi connectivity index (χ3v) is 4.41. The molecule has 0 aliphatic carbocycles. The van der Waals surface area contributed by atoms with Gasteiger partial charge in [0.1, 0.15) is 6.61 Å². The first kappa shape index (κ1) is 16.9. The lowest BCUT2D eigenvalue weighted by atomic mass is 10.1. The summed E-state index contributed by atoms with van der Waals surface area (Å²) in [5.41, 5.74) is 0.965. The minimum Gasteiger partial charge on any atom is -0.460 e. The molecular weight excluding hydrogens is 308 g/mol. The summed E-state index contributed by atoms with van der Waals surface area (Å²) in [7, 11) is 0. The zero-order chi connectivity index (χ0) is 16.8. The van der Waals surface area contributed by atoms with Crippen molar-refractivity contribution >= 4 is 11.9 Å².